The normalized spacial score (nSPS) is 9.95. The van der Waals surface area contributed by atoms with E-state index in [1.54, 1.807) is 13.0 Å². The van der Waals surface area contributed by atoms with Crippen molar-refractivity contribution in [2.75, 3.05) is 5.32 Å². The van der Waals surface area contributed by atoms with Crippen LogP contribution in [0, 0.1) is 6.92 Å². The van der Waals surface area contributed by atoms with Gasteiger partial charge in [0.1, 0.15) is 0 Å². The molecule has 0 saturated heterocycles. The van der Waals surface area contributed by atoms with E-state index >= 15 is 0 Å². The summed E-state index contributed by atoms with van der Waals surface area (Å²) in [4.78, 5) is 32.5. The Morgan fingerprint density at radius 2 is 1.84 bits per heavy atom. The van der Waals surface area contributed by atoms with Crippen molar-refractivity contribution in [2.24, 2.45) is 0 Å². The summed E-state index contributed by atoms with van der Waals surface area (Å²) in [5.41, 5.74) is 0.781. The molecule has 102 valence electrons. The maximum atomic E-state index is 11.5. The molecule has 0 fully saturated rings. The molecule has 6 nitrogen and oxygen atoms in total. The van der Waals surface area contributed by atoms with Crippen LogP contribution in [0.2, 0.25) is 0 Å². The second-order valence-electron chi connectivity index (χ2n) is 4.04. The highest BCUT2D eigenvalue weighted by molar-refractivity contribution is 5.95. The molecule has 1 aromatic carbocycles. The lowest BCUT2D eigenvalue weighted by atomic mass is 10.1. The molecule has 6 heteroatoms. The van der Waals surface area contributed by atoms with E-state index in [0.717, 1.165) is 0 Å². The van der Waals surface area contributed by atoms with Gasteiger partial charge < -0.3 is 25.1 Å². The molecule has 0 aliphatic rings. The Labute approximate surface area is 110 Å². The molecule has 0 aliphatic heterocycles. The summed E-state index contributed by atoms with van der Waals surface area (Å²) in [5, 5.41) is 23.5. The average Bonchev–Trinajstić information content (AvgIpc) is 2.31. The largest absolute Gasteiger partial charge is 0.550 e. The van der Waals surface area contributed by atoms with Crippen molar-refractivity contribution in [2.45, 2.75) is 26.2 Å². The summed E-state index contributed by atoms with van der Waals surface area (Å²) < 4.78 is 0. The fourth-order valence-corrected chi connectivity index (χ4v) is 1.60. The number of aliphatic carboxylic acids is 1. The van der Waals surface area contributed by atoms with Crippen molar-refractivity contribution in [3.05, 3.63) is 29.3 Å². The highest BCUT2D eigenvalue weighted by atomic mass is 16.4. The predicted molar refractivity (Wildman–Crippen MR) is 63.0 cm³/mol. The van der Waals surface area contributed by atoms with E-state index in [9.17, 15) is 24.6 Å². The number of carbonyl (C=O) groups excluding carboxylic acids is 3. The summed E-state index contributed by atoms with van der Waals surface area (Å²) in [6.45, 7) is 1.56. The highest BCUT2D eigenvalue weighted by Crippen LogP contribution is 2.18. The van der Waals surface area contributed by atoms with Crippen LogP contribution >= 0.6 is 0 Å². The Bertz CT molecular complexity index is 510. The topological polar surface area (TPSA) is 109 Å². The van der Waals surface area contributed by atoms with Crippen LogP contribution in [0.15, 0.2) is 18.2 Å². The van der Waals surface area contributed by atoms with Gasteiger partial charge in [-0.3, -0.25) is 4.79 Å². The lowest BCUT2D eigenvalue weighted by Gasteiger charge is -2.13. The summed E-state index contributed by atoms with van der Waals surface area (Å²) in [7, 11) is 0. The van der Waals surface area contributed by atoms with Crippen LogP contribution in [-0.4, -0.2) is 17.8 Å². The van der Waals surface area contributed by atoms with Gasteiger partial charge in [-0.1, -0.05) is 12.1 Å². The number of carboxylic acid groups (broad SMARTS) is 2. The van der Waals surface area contributed by atoms with E-state index in [1.165, 1.54) is 12.1 Å². The van der Waals surface area contributed by atoms with Gasteiger partial charge in [0.2, 0.25) is 5.91 Å². The van der Waals surface area contributed by atoms with Gasteiger partial charge in [-0.2, -0.15) is 0 Å². The van der Waals surface area contributed by atoms with Crippen LogP contribution in [0.25, 0.3) is 0 Å². The minimum absolute atomic E-state index is 0.00698. The van der Waals surface area contributed by atoms with E-state index in [1.807, 2.05) is 0 Å². The standard InChI is InChI=1S/C13H15NO5/c1-8-9(13(18)19)4-2-5-10(8)14-11(15)6-3-7-12(16)17/h2,4-5H,3,6-7H2,1H3,(H,14,15)(H,16,17)(H,18,19)/p-2. The third-order valence-corrected chi connectivity index (χ3v) is 2.61. The number of rotatable bonds is 6. The van der Waals surface area contributed by atoms with Gasteiger partial charge in [-0.25, -0.2) is 0 Å². The molecule has 0 saturated carbocycles. The molecule has 1 N–H and O–H groups in total. The number of amides is 1. The first-order valence-electron chi connectivity index (χ1n) is 5.72. The van der Waals surface area contributed by atoms with E-state index in [4.69, 9.17) is 0 Å². The van der Waals surface area contributed by atoms with Crippen LogP contribution in [0.3, 0.4) is 0 Å². The summed E-state index contributed by atoms with van der Waals surface area (Å²) >= 11 is 0. The van der Waals surface area contributed by atoms with E-state index in [0.29, 0.717) is 11.3 Å². The Morgan fingerprint density at radius 3 is 2.42 bits per heavy atom. The number of hydrogen-bond acceptors (Lipinski definition) is 5. The molecule has 0 atom stereocenters. The monoisotopic (exact) mass is 263 g/mol. The van der Waals surface area contributed by atoms with Crippen LogP contribution in [0.4, 0.5) is 5.69 Å². The van der Waals surface area contributed by atoms with Gasteiger partial charge in [-0.15, -0.1) is 0 Å². The first kappa shape index (κ1) is 14.7. The van der Waals surface area contributed by atoms with Gasteiger partial charge in [0, 0.05) is 23.6 Å². The molecule has 0 heterocycles. The molecule has 0 bridgehead atoms. The van der Waals surface area contributed by atoms with Crippen molar-refractivity contribution in [1.82, 2.24) is 0 Å². The van der Waals surface area contributed by atoms with Crippen molar-refractivity contribution in [3.8, 4) is 0 Å². The van der Waals surface area contributed by atoms with Gasteiger partial charge in [0.15, 0.2) is 0 Å². The van der Waals surface area contributed by atoms with Gasteiger partial charge in [0.05, 0.1) is 5.97 Å². The van der Waals surface area contributed by atoms with Crippen LogP contribution in [0.1, 0.15) is 35.2 Å². The molecule has 1 aromatic rings. The zero-order chi connectivity index (χ0) is 14.4. The van der Waals surface area contributed by atoms with Gasteiger partial charge >= 0.3 is 0 Å². The number of carboxylic acids is 2. The van der Waals surface area contributed by atoms with Crippen LogP contribution in [0.5, 0.6) is 0 Å². The van der Waals surface area contributed by atoms with Gasteiger partial charge in [-0.05, 0) is 31.4 Å². The zero-order valence-corrected chi connectivity index (χ0v) is 10.4. The highest BCUT2D eigenvalue weighted by Gasteiger charge is 2.08. The van der Waals surface area contributed by atoms with Crippen molar-refractivity contribution >= 4 is 23.5 Å². The fourth-order valence-electron chi connectivity index (χ4n) is 1.60. The number of carbonyl (C=O) groups is 3. The molecule has 0 radical (unpaired) electrons. The molecule has 0 aromatic heterocycles. The summed E-state index contributed by atoms with van der Waals surface area (Å²) in [6.07, 6.45) is 0.0157. The van der Waals surface area contributed by atoms with E-state index < -0.39 is 11.9 Å². The predicted octanol–water partition coefficient (Wildman–Crippen LogP) is -0.783. The maximum Gasteiger partial charge on any atom is 0.224 e. The first-order valence-corrected chi connectivity index (χ1v) is 5.72. The van der Waals surface area contributed by atoms with Crippen LogP contribution in [-0.2, 0) is 9.59 Å². The van der Waals surface area contributed by atoms with Crippen LogP contribution < -0.4 is 15.5 Å². The number of anilines is 1. The second kappa shape index (κ2) is 6.53. The maximum absolute atomic E-state index is 11.5. The second-order valence-corrected chi connectivity index (χ2v) is 4.04. The third-order valence-electron chi connectivity index (χ3n) is 2.61. The SMILES string of the molecule is Cc1c(NC(=O)CCCC(=O)[O-])cccc1C(=O)[O-]. The Kier molecular flexibility index (Phi) is 5.05. The molecule has 0 aliphatic carbocycles. The lowest BCUT2D eigenvalue weighted by molar-refractivity contribution is -0.305. The number of nitrogens with one attached hydrogen (secondary N) is 1. The molecule has 0 unspecified atom stereocenters. The molecular weight excluding hydrogens is 250 g/mol. The summed E-state index contributed by atoms with van der Waals surface area (Å²) in [6, 6.07) is 4.45. The zero-order valence-electron chi connectivity index (χ0n) is 10.4. The third kappa shape index (κ3) is 4.42. The Hall–Kier alpha value is -2.37. The Morgan fingerprint density at radius 1 is 1.16 bits per heavy atom. The smallest absolute Gasteiger partial charge is 0.224 e. The molecule has 1 rings (SSSR count). The quantitative estimate of drug-likeness (QED) is 0.723. The van der Waals surface area contributed by atoms with Crippen molar-refractivity contribution in [3.63, 3.8) is 0 Å². The molecular formula is C13H13NO5-2. The number of aromatic carboxylic acids is 1. The minimum Gasteiger partial charge on any atom is -0.550 e. The number of benzene rings is 1. The minimum atomic E-state index is -1.31. The lowest BCUT2D eigenvalue weighted by Crippen LogP contribution is -2.24. The first-order chi connectivity index (χ1) is 8.91. The van der Waals surface area contributed by atoms with Crippen molar-refractivity contribution < 1.29 is 24.6 Å². The molecule has 1 amide bonds. The fraction of sp³-hybridized carbons (Fsp3) is 0.308. The molecule has 19 heavy (non-hydrogen) atoms. The Balaban J connectivity index is 2.67. The summed E-state index contributed by atoms with van der Waals surface area (Å²) in [5.74, 6) is -2.90. The van der Waals surface area contributed by atoms with E-state index in [-0.39, 0.29) is 30.7 Å². The van der Waals surface area contributed by atoms with E-state index in [2.05, 4.69) is 5.32 Å². The number of hydrogen-bond donors (Lipinski definition) is 1. The van der Waals surface area contributed by atoms with Crippen molar-refractivity contribution in [1.29, 1.82) is 0 Å². The molecule has 0 spiro atoms. The van der Waals surface area contributed by atoms with Gasteiger partial charge in [0.25, 0.3) is 0 Å². The average molecular weight is 263 g/mol.